The van der Waals surface area contributed by atoms with Crippen molar-refractivity contribution in [1.29, 1.82) is 0 Å². The molecular weight excluding hydrogens is 252 g/mol. The summed E-state index contributed by atoms with van der Waals surface area (Å²) in [6.07, 6.45) is -1.98. The van der Waals surface area contributed by atoms with Crippen LogP contribution in [-0.2, 0) is 0 Å². The minimum atomic E-state index is -4.19. The van der Waals surface area contributed by atoms with Gasteiger partial charge in [0.2, 0.25) is 5.95 Å². The fourth-order valence-corrected chi connectivity index (χ4v) is 1.78. The van der Waals surface area contributed by atoms with Crippen molar-refractivity contribution in [3.8, 4) is 0 Å². The summed E-state index contributed by atoms with van der Waals surface area (Å²) in [6.45, 7) is -0.980. The average molecular weight is 264 g/mol. The predicted molar refractivity (Wildman–Crippen MR) is 56.5 cm³/mol. The lowest BCUT2D eigenvalue weighted by Gasteiger charge is -2.36. The fourth-order valence-electron chi connectivity index (χ4n) is 1.78. The van der Waals surface area contributed by atoms with Crippen molar-refractivity contribution in [2.75, 3.05) is 11.9 Å². The van der Waals surface area contributed by atoms with Gasteiger partial charge in [0.15, 0.2) is 0 Å². The Kier molecular flexibility index (Phi) is 3.65. The summed E-state index contributed by atoms with van der Waals surface area (Å²) >= 11 is 0. The van der Waals surface area contributed by atoms with Crippen LogP contribution in [0.4, 0.5) is 23.4 Å². The van der Waals surface area contributed by atoms with Gasteiger partial charge in [0.25, 0.3) is 0 Å². The second kappa shape index (κ2) is 5.05. The number of anilines is 1. The number of aromatic nitrogens is 2. The Hall–Kier alpha value is -1.44. The molecule has 1 saturated carbocycles. The summed E-state index contributed by atoms with van der Waals surface area (Å²) in [5, 5.41) is 5.35. The molecule has 0 spiro atoms. The summed E-state index contributed by atoms with van der Waals surface area (Å²) in [6, 6.07) is 1.01. The number of nitrogens with zero attached hydrogens (tertiary/aromatic N) is 2. The lowest BCUT2D eigenvalue weighted by Crippen LogP contribution is -2.50. The number of rotatable bonds is 4. The minimum Gasteiger partial charge on any atom is -0.367 e. The molecule has 0 atom stereocenters. The van der Waals surface area contributed by atoms with Crippen molar-refractivity contribution < 1.29 is 17.6 Å². The van der Waals surface area contributed by atoms with E-state index in [1.54, 1.807) is 0 Å². The van der Waals surface area contributed by atoms with Gasteiger partial charge in [-0.05, 0) is 12.8 Å². The van der Waals surface area contributed by atoms with Crippen LogP contribution in [-0.4, -0.2) is 34.8 Å². The van der Waals surface area contributed by atoms with Gasteiger partial charge in [-0.15, -0.1) is 0 Å². The van der Waals surface area contributed by atoms with Crippen molar-refractivity contribution in [2.24, 2.45) is 0 Å². The minimum absolute atomic E-state index is 0.0185. The topological polar surface area (TPSA) is 49.8 Å². The van der Waals surface area contributed by atoms with Crippen molar-refractivity contribution in [1.82, 2.24) is 15.3 Å². The third kappa shape index (κ3) is 3.80. The number of hydrogen-bond donors (Lipinski definition) is 2. The molecule has 1 aromatic heterocycles. The normalized spacial score (nSPS) is 23.6. The zero-order valence-electron chi connectivity index (χ0n) is 9.34. The molecule has 1 fully saturated rings. The quantitative estimate of drug-likeness (QED) is 0.642. The van der Waals surface area contributed by atoms with Crippen LogP contribution in [0.25, 0.3) is 0 Å². The van der Waals surface area contributed by atoms with E-state index >= 15 is 0 Å². The largest absolute Gasteiger partial charge is 0.401 e. The Morgan fingerprint density at radius 2 is 1.94 bits per heavy atom. The Morgan fingerprint density at radius 3 is 2.56 bits per heavy atom. The first kappa shape index (κ1) is 13.0. The lowest BCUT2D eigenvalue weighted by atomic mass is 9.87. The van der Waals surface area contributed by atoms with Crippen LogP contribution in [0, 0.1) is 5.95 Å². The highest BCUT2D eigenvalue weighted by Crippen LogP contribution is 2.24. The van der Waals surface area contributed by atoms with Gasteiger partial charge >= 0.3 is 6.18 Å². The summed E-state index contributed by atoms with van der Waals surface area (Å²) < 4.78 is 48.5. The van der Waals surface area contributed by atoms with Gasteiger partial charge in [0, 0.05) is 18.2 Å². The molecule has 18 heavy (non-hydrogen) atoms. The molecule has 1 aromatic rings. The summed E-state index contributed by atoms with van der Waals surface area (Å²) in [4.78, 5) is 7.12. The molecule has 1 aliphatic rings. The molecule has 1 heterocycles. The van der Waals surface area contributed by atoms with Crippen molar-refractivity contribution in [3.63, 3.8) is 0 Å². The van der Waals surface area contributed by atoms with E-state index in [0.29, 0.717) is 18.7 Å². The van der Waals surface area contributed by atoms with Gasteiger partial charge in [0.1, 0.15) is 12.1 Å². The molecule has 2 N–H and O–H groups in total. The first-order valence-electron chi connectivity index (χ1n) is 5.46. The number of alkyl halides is 3. The van der Waals surface area contributed by atoms with E-state index in [4.69, 9.17) is 0 Å². The van der Waals surface area contributed by atoms with Crippen molar-refractivity contribution in [3.05, 3.63) is 18.3 Å². The van der Waals surface area contributed by atoms with E-state index in [2.05, 4.69) is 20.6 Å². The molecule has 8 heteroatoms. The van der Waals surface area contributed by atoms with E-state index < -0.39 is 18.7 Å². The first-order valence-corrected chi connectivity index (χ1v) is 5.46. The van der Waals surface area contributed by atoms with E-state index in [1.807, 2.05) is 0 Å². The number of nitrogens with one attached hydrogen (secondary N) is 2. The van der Waals surface area contributed by atoms with Gasteiger partial charge in [-0.25, -0.2) is 9.97 Å². The molecule has 0 bridgehead atoms. The van der Waals surface area contributed by atoms with Crippen LogP contribution >= 0.6 is 0 Å². The van der Waals surface area contributed by atoms with Gasteiger partial charge in [-0.3, -0.25) is 0 Å². The molecule has 4 nitrogen and oxygen atoms in total. The standard InChI is InChI=1S/C10H12F4N4/c11-8-3-9(17-5-16-8)18-7-1-6(2-7)15-4-10(12,13)14/h3,5-7,15H,1-2,4H2,(H,16,17,18). The molecule has 0 unspecified atom stereocenters. The Morgan fingerprint density at radius 1 is 1.22 bits per heavy atom. The maximum absolute atomic E-state index is 12.7. The highest BCUT2D eigenvalue weighted by molar-refractivity contribution is 5.34. The molecule has 1 aliphatic carbocycles. The third-order valence-corrected chi connectivity index (χ3v) is 2.71. The molecular formula is C10H12F4N4. The van der Waals surface area contributed by atoms with E-state index in [9.17, 15) is 17.6 Å². The second-order valence-corrected chi connectivity index (χ2v) is 4.23. The van der Waals surface area contributed by atoms with E-state index in [-0.39, 0.29) is 12.1 Å². The Bertz CT molecular complexity index is 403. The van der Waals surface area contributed by atoms with Crippen LogP contribution in [0.15, 0.2) is 12.4 Å². The monoisotopic (exact) mass is 264 g/mol. The SMILES string of the molecule is Fc1cc(NC2CC(NCC(F)(F)F)C2)ncn1. The van der Waals surface area contributed by atoms with Crippen LogP contribution in [0.3, 0.4) is 0 Å². The first-order chi connectivity index (χ1) is 8.42. The second-order valence-electron chi connectivity index (χ2n) is 4.23. The number of halogens is 4. The van der Waals surface area contributed by atoms with Crippen molar-refractivity contribution >= 4 is 5.82 Å². The van der Waals surface area contributed by atoms with Crippen LogP contribution in [0.5, 0.6) is 0 Å². The highest BCUT2D eigenvalue weighted by Gasteiger charge is 2.33. The molecule has 100 valence electrons. The maximum atomic E-state index is 12.7. The van der Waals surface area contributed by atoms with Gasteiger partial charge < -0.3 is 10.6 Å². The van der Waals surface area contributed by atoms with E-state index in [0.717, 1.165) is 12.4 Å². The Balaban J connectivity index is 1.70. The molecule has 2 rings (SSSR count). The maximum Gasteiger partial charge on any atom is 0.401 e. The van der Waals surface area contributed by atoms with E-state index in [1.165, 1.54) is 0 Å². The smallest absolute Gasteiger partial charge is 0.367 e. The predicted octanol–water partition coefficient (Wildman–Crippen LogP) is 1.71. The fraction of sp³-hybridized carbons (Fsp3) is 0.600. The zero-order valence-corrected chi connectivity index (χ0v) is 9.34. The third-order valence-electron chi connectivity index (χ3n) is 2.71. The lowest BCUT2D eigenvalue weighted by molar-refractivity contribution is -0.127. The van der Waals surface area contributed by atoms with Crippen molar-refractivity contribution in [2.45, 2.75) is 31.1 Å². The molecule has 0 aromatic carbocycles. The molecule has 0 radical (unpaired) electrons. The highest BCUT2D eigenvalue weighted by atomic mass is 19.4. The van der Waals surface area contributed by atoms with Crippen LogP contribution in [0.2, 0.25) is 0 Å². The zero-order chi connectivity index (χ0) is 13.2. The van der Waals surface area contributed by atoms with Gasteiger partial charge in [-0.1, -0.05) is 0 Å². The molecule has 0 aliphatic heterocycles. The molecule has 0 amide bonds. The summed E-state index contributed by atoms with van der Waals surface area (Å²) in [5.74, 6) is -0.291. The molecule has 0 saturated heterocycles. The van der Waals surface area contributed by atoms with Gasteiger partial charge in [-0.2, -0.15) is 17.6 Å². The van der Waals surface area contributed by atoms with Crippen LogP contribution < -0.4 is 10.6 Å². The summed E-state index contributed by atoms with van der Waals surface area (Å²) in [7, 11) is 0. The Labute approximate surface area is 101 Å². The average Bonchev–Trinajstić information content (AvgIpc) is 2.20. The van der Waals surface area contributed by atoms with Crippen LogP contribution in [0.1, 0.15) is 12.8 Å². The summed E-state index contributed by atoms with van der Waals surface area (Å²) in [5.41, 5.74) is 0. The van der Waals surface area contributed by atoms with Gasteiger partial charge in [0.05, 0.1) is 6.54 Å². The number of hydrogen-bond acceptors (Lipinski definition) is 4.